The Labute approximate surface area is 231 Å². The largest absolute Gasteiger partial charge is 0.379 e. The number of nitrogens with one attached hydrogen (secondary N) is 1. The first-order chi connectivity index (χ1) is 19.0. The van der Waals surface area contributed by atoms with Crippen molar-refractivity contribution in [3.05, 3.63) is 96.2 Å². The highest BCUT2D eigenvalue weighted by Gasteiger charge is 2.22. The first kappa shape index (κ1) is 27.5. The molecule has 1 aliphatic rings. The number of hydrogen-bond donors (Lipinski definition) is 1. The van der Waals surface area contributed by atoms with E-state index < -0.39 is 16.0 Å². The van der Waals surface area contributed by atoms with Gasteiger partial charge in [0.05, 0.1) is 23.6 Å². The smallest absolute Gasteiger partial charge is 0.268 e. The van der Waals surface area contributed by atoms with Crippen LogP contribution in [0.1, 0.15) is 38.2 Å². The molecule has 2 heterocycles. The van der Waals surface area contributed by atoms with Crippen LogP contribution in [0.25, 0.3) is 10.9 Å². The number of fused-ring (bicyclic) bond motifs is 1. The van der Waals surface area contributed by atoms with Gasteiger partial charge in [-0.2, -0.15) is 4.39 Å². The maximum atomic E-state index is 14.5. The van der Waals surface area contributed by atoms with Gasteiger partial charge < -0.3 is 10.1 Å². The number of pyridine rings is 1. The Balaban J connectivity index is 0.00000370. The minimum Gasteiger partial charge on any atom is -0.379 e. The van der Waals surface area contributed by atoms with Crippen molar-refractivity contribution in [2.24, 2.45) is 0 Å². The third-order valence-corrected chi connectivity index (χ3v) is 8.96. The van der Waals surface area contributed by atoms with E-state index >= 15 is 0 Å². The molecule has 39 heavy (non-hydrogen) atoms. The quantitative estimate of drug-likeness (QED) is 0.181. The zero-order chi connectivity index (χ0) is 27.1. The SMILES string of the molecule is O=S(=O)(c1ccccc1)n1cc(CN(CCOCCNC2CCCC2)Cc2cccnc2F)c2ccccc21.[HH]. The standard InChI is InChI=1S/C30H35FN4O3S.H2/c31-30-24(9-8-16-33-30)21-34(18-20-38-19-17-32-26-10-4-5-11-26)22-25-23-35(29-15-7-6-14-28(25)29)39(36,37)27-12-2-1-3-13-27;/h1-3,6-9,12-16,23,26,32H,4-5,10-11,17-22H2;1H. The summed E-state index contributed by atoms with van der Waals surface area (Å²) in [5.74, 6) is -0.502. The Morgan fingerprint density at radius 3 is 2.51 bits per heavy atom. The summed E-state index contributed by atoms with van der Waals surface area (Å²) in [6.45, 7) is 3.22. The fourth-order valence-electron chi connectivity index (χ4n) is 5.24. The summed E-state index contributed by atoms with van der Waals surface area (Å²) in [5, 5.41) is 4.39. The first-order valence-electron chi connectivity index (χ1n) is 13.5. The molecule has 0 aliphatic heterocycles. The molecule has 0 unspecified atom stereocenters. The molecule has 0 radical (unpaired) electrons. The van der Waals surface area contributed by atoms with Crippen LogP contribution in [0, 0.1) is 5.95 Å². The van der Waals surface area contributed by atoms with Crippen molar-refractivity contribution in [1.29, 1.82) is 0 Å². The molecule has 2 aromatic carbocycles. The minimum atomic E-state index is -3.78. The highest BCUT2D eigenvalue weighted by atomic mass is 32.2. The Morgan fingerprint density at radius 2 is 1.72 bits per heavy atom. The second kappa shape index (κ2) is 12.8. The molecule has 0 amide bonds. The van der Waals surface area contributed by atoms with Crippen LogP contribution < -0.4 is 5.32 Å². The summed E-state index contributed by atoms with van der Waals surface area (Å²) in [6.07, 6.45) is 8.18. The van der Waals surface area contributed by atoms with E-state index in [-0.39, 0.29) is 6.32 Å². The summed E-state index contributed by atoms with van der Waals surface area (Å²) in [6, 6.07) is 19.9. The number of hydrogen-bond acceptors (Lipinski definition) is 6. The Hall–Kier alpha value is -3.11. The number of nitrogens with zero attached hydrogens (tertiary/aromatic N) is 3. The van der Waals surface area contributed by atoms with Crippen LogP contribution in [0.3, 0.4) is 0 Å². The van der Waals surface area contributed by atoms with E-state index in [9.17, 15) is 12.8 Å². The second-order valence-electron chi connectivity index (χ2n) is 10.00. The molecule has 1 fully saturated rings. The van der Waals surface area contributed by atoms with Gasteiger partial charge in [-0.05, 0) is 42.7 Å². The molecule has 2 aromatic heterocycles. The average Bonchev–Trinajstić information content (AvgIpc) is 3.61. The third-order valence-electron chi connectivity index (χ3n) is 7.27. The van der Waals surface area contributed by atoms with E-state index in [1.165, 1.54) is 35.9 Å². The van der Waals surface area contributed by atoms with Gasteiger partial charge in [0.1, 0.15) is 0 Å². The van der Waals surface area contributed by atoms with Crippen LogP contribution in [-0.2, 0) is 27.8 Å². The van der Waals surface area contributed by atoms with Crippen LogP contribution in [-0.4, -0.2) is 54.6 Å². The molecule has 5 rings (SSSR count). The molecule has 7 nitrogen and oxygen atoms in total. The highest BCUT2D eigenvalue weighted by Crippen LogP contribution is 2.27. The molecule has 0 atom stereocenters. The van der Waals surface area contributed by atoms with Gasteiger partial charge in [0.15, 0.2) is 0 Å². The van der Waals surface area contributed by atoms with Crippen LogP contribution >= 0.6 is 0 Å². The van der Waals surface area contributed by atoms with Gasteiger partial charge in [-0.3, -0.25) is 4.90 Å². The second-order valence-corrected chi connectivity index (χ2v) is 11.8. The molecule has 1 saturated carbocycles. The van der Waals surface area contributed by atoms with Crippen LogP contribution in [0.15, 0.2) is 84.0 Å². The van der Waals surface area contributed by atoms with Gasteiger partial charge in [-0.1, -0.05) is 55.3 Å². The lowest BCUT2D eigenvalue weighted by molar-refractivity contribution is 0.0983. The summed E-state index contributed by atoms with van der Waals surface area (Å²) < 4.78 is 48.8. The van der Waals surface area contributed by atoms with Crippen molar-refractivity contribution < 1.29 is 19.0 Å². The van der Waals surface area contributed by atoms with E-state index in [2.05, 4.69) is 15.2 Å². The van der Waals surface area contributed by atoms with Crippen molar-refractivity contribution in [1.82, 2.24) is 19.2 Å². The van der Waals surface area contributed by atoms with Crippen molar-refractivity contribution in [3.8, 4) is 0 Å². The number of aromatic nitrogens is 2. The summed E-state index contributed by atoms with van der Waals surface area (Å²) in [7, 11) is -3.78. The number of halogens is 1. The molecule has 9 heteroatoms. The maximum Gasteiger partial charge on any atom is 0.268 e. The van der Waals surface area contributed by atoms with E-state index in [1.807, 2.05) is 24.3 Å². The van der Waals surface area contributed by atoms with Crippen LogP contribution in [0.2, 0.25) is 0 Å². The lowest BCUT2D eigenvalue weighted by atomic mass is 10.1. The van der Waals surface area contributed by atoms with Crippen LogP contribution in [0.4, 0.5) is 4.39 Å². The molecule has 208 valence electrons. The van der Waals surface area contributed by atoms with Gasteiger partial charge in [0.2, 0.25) is 5.95 Å². The average molecular weight is 553 g/mol. The van der Waals surface area contributed by atoms with Gasteiger partial charge >= 0.3 is 0 Å². The molecule has 0 bridgehead atoms. The van der Waals surface area contributed by atoms with Crippen molar-refractivity contribution in [3.63, 3.8) is 0 Å². The number of para-hydroxylation sites is 1. The summed E-state index contributed by atoms with van der Waals surface area (Å²) in [4.78, 5) is 6.10. The van der Waals surface area contributed by atoms with Crippen molar-refractivity contribution in [2.45, 2.75) is 49.7 Å². The zero-order valence-corrected chi connectivity index (χ0v) is 22.8. The predicted molar refractivity (Wildman–Crippen MR) is 152 cm³/mol. The van der Waals surface area contributed by atoms with E-state index in [4.69, 9.17) is 4.74 Å². The van der Waals surface area contributed by atoms with Gasteiger partial charge in [-0.15, -0.1) is 0 Å². The normalized spacial score (nSPS) is 14.5. The fraction of sp³-hybridized carbons (Fsp3) is 0.367. The number of ether oxygens (including phenoxy) is 1. The number of rotatable bonds is 13. The molecule has 4 aromatic rings. The lowest BCUT2D eigenvalue weighted by Crippen LogP contribution is -2.31. The summed E-state index contributed by atoms with van der Waals surface area (Å²) >= 11 is 0. The monoisotopic (exact) mass is 552 g/mol. The van der Waals surface area contributed by atoms with Crippen LogP contribution in [0.5, 0.6) is 0 Å². The minimum absolute atomic E-state index is 0. The fourth-order valence-corrected chi connectivity index (χ4v) is 6.66. The van der Waals surface area contributed by atoms with Crippen molar-refractivity contribution in [2.75, 3.05) is 26.3 Å². The van der Waals surface area contributed by atoms with E-state index in [1.54, 1.807) is 48.7 Å². The third kappa shape index (κ3) is 6.73. The van der Waals surface area contributed by atoms with E-state index in [0.29, 0.717) is 50.0 Å². The van der Waals surface area contributed by atoms with Gasteiger partial charge in [0, 0.05) is 57.0 Å². The molecule has 1 N–H and O–H groups in total. The molecular weight excluding hydrogens is 515 g/mol. The highest BCUT2D eigenvalue weighted by molar-refractivity contribution is 7.90. The molecule has 0 spiro atoms. The molecule has 1 aliphatic carbocycles. The molecular formula is C30H37FN4O3S. The lowest BCUT2D eigenvalue weighted by Gasteiger charge is -2.22. The molecule has 0 saturated heterocycles. The number of benzene rings is 2. The Bertz CT molecular complexity index is 1480. The zero-order valence-electron chi connectivity index (χ0n) is 22.0. The Kier molecular flexibility index (Phi) is 9.03. The summed E-state index contributed by atoms with van der Waals surface area (Å²) in [5.41, 5.74) is 1.94. The van der Waals surface area contributed by atoms with E-state index in [0.717, 1.165) is 17.5 Å². The van der Waals surface area contributed by atoms with Crippen molar-refractivity contribution >= 4 is 20.9 Å². The predicted octanol–water partition coefficient (Wildman–Crippen LogP) is 5.21. The Morgan fingerprint density at radius 1 is 0.974 bits per heavy atom. The topological polar surface area (TPSA) is 76.5 Å². The maximum absolute atomic E-state index is 14.5. The first-order valence-corrected chi connectivity index (χ1v) is 15.0. The van der Waals surface area contributed by atoms with Gasteiger partial charge in [-0.25, -0.2) is 17.4 Å². The van der Waals surface area contributed by atoms with Gasteiger partial charge in [0.25, 0.3) is 10.0 Å².